The highest BCUT2D eigenvalue weighted by Gasteiger charge is 2.06. The van der Waals surface area contributed by atoms with Crippen LogP contribution in [-0.4, -0.2) is 32.4 Å². The zero-order valence-electron chi connectivity index (χ0n) is 11.2. The number of benzene rings is 1. The van der Waals surface area contributed by atoms with E-state index in [0.717, 1.165) is 5.56 Å². The highest BCUT2D eigenvalue weighted by Crippen LogP contribution is 2.11. The van der Waals surface area contributed by atoms with Crippen molar-refractivity contribution < 1.29 is 13.2 Å². The van der Waals surface area contributed by atoms with Gasteiger partial charge in [-0.05, 0) is 31.0 Å². The Hall–Kier alpha value is -1.40. The molecule has 3 N–H and O–H groups in total. The summed E-state index contributed by atoms with van der Waals surface area (Å²) in [6, 6.07) is 6.97. The third kappa shape index (κ3) is 6.93. The Balaban J connectivity index is 2.54. The molecule has 5 nitrogen and oxygen atoms in total. The molecule has 0 fully saturated rings. The molecule has 106 valence electrons. The van der Waals surface area contributed by atoms with E-state index in [0.29, 0.717) is 12.1 Å². The molecule has 0 radical (unpaired) electrons. The molecule has 0 bridgehead atoms. The van der Waals surface area contributed by atoms with Gasteiger partial charge in [0.1, 0.15) is 9.84 Å². The molecule has 1 unspecified atom stereocenters. The van der Waals surface area contributed by atoms with Gasteiger partial charge >= 0.3 is 0 Å². The Morgan fingerprint density at radius 3 is 2.37 bits per heavy atom. The third-order valence-corrected chi connectivity index (χ3v) is 3.45. The Morgan fingerprint density at radius 1 is 1.32 bits per heavy atom. The number of nitrogens with two attached hydrogens (primary N) is 1. The van der Waals surface area contributed by atoms with E-state index in [1.165, 1.54) is 6.26 Å². The summed E-state index contributed by atoms with van der Waals surface area (Å²) in [4.78, 5) is 11.5. The molecule has 19 heavy (non-hydrogen) atoms. The van der Waals surface area contributed by atoms with Crippen LogP contribution in [0.5, 0.6) is 0 Å². The molecule has 1 amide bonds. The topological polar surface area (TPSA) is 89.3 Å². The molecular weight excluding hydrogens is 264 g/mol. The first-order chi connectivity index (χ1) is 8.76. The first-order valence-corrected chi connectivity index (χ1v) is 8.14. The van der Waals surface area contributed by atoms with Gasteiger partial charge in [0.2, 0.25) is 5.91 Å². The molecule has 0 aromatic heterocycles. The second-order valence-electron chi connectivity index (χ2n) is 4.81. The summed E-state index contributed by atoms with van der Waals surface area (Å²) in [6.45, 7) is 1.77. The van der Waals surface area contributed by atoms with Crippen molar-refractivity contribution in [3.8, 4) is 0 Å². The zero-order valence-corrected chi connectivity index (χ0v) is 12.0. The van der Waals surface area contributed by atoms with Gasteiger partial charge in [-0.25, -0.2) is 8.42 Å². The number of rotatable bonds is 6. The Bertz CT molecular complexity index is 521. The van der Waals surface area contributed by atoms with Crippen LogP contribution in [0.2, 0.25) is 0 Å². The van der Waals surface area contributed by atoms with E-state index in [1.807, 2.05) is 12.1 Å². The van der Waals surface area contributed by atoms with E-state index >= 15 is 0 Å². The highest BCUT2D eigenvalue weighted by molar-refractivity contribution is 7.90. The predicted octanol–water partition coefficient (Wildman–Crippen LogP) is 0.949. The highest BCUT2D eigenvalue weighted by atomic mass is 32.2. The van der Waals surface area contributed by atoms with Crippen molar-refractivity contribution in [3.63, 3.8) is 0 Å². The number of carbonyl (C=O) groups is 1. The Kier molecular flexibility index (Phi) is 5.50. The van der Waals surface area contributed by atoms with Crippen molar-refractivity contribution in [2.75, 3.05) is 17.3 Å². The van der Waals surface area contributed by atoms with Gasteiger partial charge in [0.25, 0.3) is 0 Å². The fourth-order valence-electron chi connectivity index (χ4n) is 1.56. The number of aryl methyl sites for hydroxylation is 1. The van der Waals surface area contributed by atoms with Gasteiger partial charge < -0.3 is 11.1 Å². The van der Waals surface area contributed by atoms with Crippen molar-refractivity contribution in [2.24, 2.45) is 5.73 Å². The van der Waals surface area contributed by atoms with Gasteiger partial charge in [0.15, 0.2) is 0 Å². The van der Waals surface area contributed by atoms with Gasteiger partial charge in [-0.2, -0.15) is 0 Å². The summed E-state index contributed by atoms with van der Waals surface area (Å²) in [5, 5.41) is 2.74. The normalized spacial score (nSPS) is 13.0. The van der Waals surface area contributed by atoms with Gasteiger partial charge in [-0.3, -0.25) is 4.79 Å². The summed E-state index contributed by atoms with van der Waals surface area (Å²) in [7, 11) is -2.95. The van der Waals surface area contributed by atoms with Crippen molar-refractivity contribution in [2.45, 2.75) is 25.8 Å². The summed E-state index contributed by atoms with van der Waals surface area (Å²) < 4.78 is 22.1. The predicted molar refractivity (Wildman–Crippen MR) is 76.8 cm³/mol. The van der Waals surface area contributed by atoms with Crippen molar-refractivity contribution in [1.29, 1.82) is 0 Å². The van der Waals surface area contributed by atoms with E-state index in [2.05, 4.69) is 5.32 Å². The second-order valence-corrected chi connectivity index (χ2v) is 7.07. The molecular formula is C13H20N2O3S. The Morgan fingerprint density at radius 2 is 1.89 bits per heavy atom. The largest absolute Gasteiger partial charge is 0.327 e. The summed E-state index contributed by atoms with van der Waals surface area (Å²) in [5.74, 6) is 0.00234. The fourth-order valence-corrected chi connectivity index (χ4v) is 2.17. The van der Waals surface area contributed by atoms with Gasteiger partial charge in [-0.1, -0.05) is 12.1 Å². The molecule has 1 aromatic rings. The maximum atomic E-state index is 11.5. The minimum Gasteiger partial charge on any atom is -0.327 e. The molecule has 6 heteroatoms. The molecule has 1 aromatic carbocycles. The van der Waals surface area contributed by atoms with E-state index in [-0.39, 0.29) is 24.1 Å². The molecule has 0 aliphatic heterocycles. The number of anilines is 1. The van der Waals surface area contributed by atoms with Gasteiger partial charge in [0.05, 0.1) is 5.75 Å². The minimum absolute atomic E-state index is 0.126. The smallest absolute Gasteiger partial charge is 0.225 e. The molecule has 0 spiro atoms. The fraction of sp³-hybridized carbons (Fsp3) is 0.462. The van der Waals surface area contributed by atoms with Crippen LogP contribution >= 0.6 is 0 Å². The molecule has 0 aliphatic rings. The van der Waals surface area contributed by atoms with Crippen LogP contribution < -0.4 is 11.1 Å². The van der Waals surface area contributed by atoms with E-state index < -0.39 is 9.84 Å². The standard InChI is InChI=1S/C13H20N2O3S/c1-10(14)9-13(16)15-12-5-3-11(4-6-12)7-8-19(2,17)18/h3-6,10H,7-9,14H2,1-2H3,(H,15,16). The molecule has 1 rings (SSSR count). The SMILES string of the molecule is CC(N)CC(=O)Nc1ccc(CCS(C)(=O)=O)cc1. The van der Waals surface area contributed by atoms with Crippen LogP contribution in [0.1, 0.15) is 18.9 Å². The van der Waals surface area contributed by atoms with E-state index in [1.54, 1.807) is 19.1 Å². The second kappa shape index (κ2) is 6.68. The summed E-state index contributed by atoms with van der Waals surface area (Å²) >= 11 is 0. The third-order valence-electron chi connectivity index (χ3n) is 2.51. The van der Waals surface area contributed by atoms with Crippen LogP contribution in [-0.2, 0) is 21.1 Å². The van der Waals surface area contributed by atoms with E-state index in [4.69, 9.17) is 5.73 Å². The molecule has 0 aliphatic carbocycles. The number of hydrogen-bond donors (Lipinski definition) is 2. The summed E-state index contributed by atoms with van der Waals surface area (Å²) in [6.07, 6.45) is 1.97. The van der Waals surface area contributed by atoms with E-state index in [9.17, 15) is 13.2 Å². The lowest BCUT2D eigenvalue weighted by atomic mass is 10.1. The number of hydrogen-bond acceptors (Lipinski definition) is 4. The number of nitrogens with one attached hydrogen (secondary N) is 1. The number of carbonyl (C=O) groups excluding carboxylic acids is 1. The quantitative estimate of drug-likeness (QED) is 0.814. The first-order valence-electron chi connectivity index (χ1n) is 6.08. The molecule has 0 heterocycles. The van der Waals surface area contributed by atoms with Crippen LogP contribution in [0.3, 0.4) is 0 Å². The number of amides is 1. The van der Waals surface area contributed by atoms with Crippen molar-refractivity contribution in [1.82, 2.24) is 0 Å². The lowest BCUT2D eigenvalue weighted by molar-refractivity contribution is -0.116. The van der Waals surface area contributed by atoms with Crippen LogP contribution in [0.4, 0.5) is 5.69 Å². The lowest BCUT2D eigenvalue weighted by Gasteiger charge is -2.08. The zero-order chi connectivity index (χ0) is 14.5. The average molecular weight is 284 g/mol. The van der Waals surface area contributed by atoms with Gasteiger partial charge in [0, 0.05) is 24.4 Å². The van der Waals surface area contributed by atoms with Crippen molar-refractivity contribution in [3.05, 3.63) is 29.8 Å². The maximum Gasteiger partial charge on any atom is 0.225 e. The van der Waals surface area contributed by atoms with Crippen LogP contribution in [0.25, 0.3) is 0 Å². The monoisotopic (exact) mass is 284 g/mol. The first kappa shape index (κ1) is 15.7. The van der Waals surface area contributed by atoms with Crippen molar-refractivity contribution >= 4 is 21.4 Å². The molecule has 0 saturated carbocycles. The minimum atomic E-state index is -2.95. The molecule has 0 saturated heterocycles. The van der Waals surface area contributed by atoms with Crippen LogP contribution in [0.15, 0.2) is 24.3 Å². The van der Waals surface area contributed by atoms with Gasteiger partial charge in [-0.15, -0.1) is 0 Å². The average Bonchev–Trinajstić information content (AvgIpc) is 2.26. The number of sulfone groups is 1. The lowest BCUT2D eigenvalue weighted by Crippen LogP contribution is -2.23. The Labute approximate surface area is 114 Å². The van der Waals surface area contributed by atoms with Crippen LogP contribution in [0, 0.1) is 0 Å². The summed E-state index contributed by atoms with van der Waals surface area (Å²) in [5.41, 5.74) is 7.15. The molecule has 1 atom stereocenters. The maximum absolute atomic E-state index is 11.5.